The normalized spacial score (nSPS) is 23.3. The number of anilines is 1. The summed E-state index contributed by atoms with van der Waals surface area (Å²) in [6.07, 6.45) is 0.528. The van der Waals surface area contributed by atoms with E-state index in [4.69, 9.17) is 10.5 Å². The van der Waals surface area contributed by atoms with Gasteiger partial charge in [0.1, 0.15) is 5.54 Å². The average Bonchev–Trinajstić information content (AvgIpc) is 3.02. The number of thiazole rings is 1. The van der Waals surface area contributed by atoms with Crippen LogP contribution in [0.1, 0.15) is 38.3 Å². The first-order chi connectivity index (χ1) is 12.2. The second-order valence-electron chi connectivity index (χ2n) is 7.65. The number of benzene rings is 1. The van der Waals surface area contributed by atoms with Gasteiger partial charge < -0.3 is 15.8 Å². The summed E-state index contributed by atoms with van der Waals surface area (Å²) in [5.41, 5.74) is 9.41. The number of nitrogens with one attached hydrogen (secondary N) is 1. The Labute approximate surface area is 171 Å². The van der Waals surface area contributed by atoms with Crippen LogP contribution in [0.3, 0.4) is 0 Å². The molecule has 27 heavy (non-hydrogen) atoms. The number of nitrogens with zero attached hydrogens (tertiary/aromatic N) is 1. The quantitative estimate of drug-likeness (QED) is 0.770. The smallest absolute Gasteiger partial charge is 0.246 e. The fourth-order valence-electron chi connectivity index (χ4n) is 3.59. The largest absolute Gasteiger partial charge is 0.378 e. The molecule has 0 radical (unpaired) electrons. The Kier molecular flexibility index (Phi) is 6.37. The van der Waals surface area contributed by atoms with E-state index in [-0.39, 0.29) is 24.4 Å². The zero-order valence-electron chi connectivity index (χ0n) is 16.5. The van der Waals surface area contributed by atoms with Crippen molar-refractivity contribution >= 4 is 34.8 Å². The lowest BCUT2D eigenvalue weighted by Gasteiger charge is -2.57. The Balaban J connectivity index is 0.00000261. The van der Waals surface area contributed by atoms with Crippen molar-refractivity contribution in [2.45, 2.75) is 52.7 Å². The molecule has 2 aromatic rings. The second kappa shape index (κ2) is 7.87. The molecular formula is C20H28ClN3O2S. The lowest BCUT2D eigenvalue weighted by molar-refractivity contribution is -0.166. The highest BCUT2D eigenvalue weighted by molar-refractivity contribution is 7.14. The Hall–Kier alpha value is -1.47. The molecule has 148 valence electrons. The van der Waals surface area contributed by atoms with Crippen LogP contribution in [0.5, 0.6) is 0 Å². The minimum Gasteiger partial charge on any atom is -0.378 e. The topological polar surface area (TPSA) is 77.2 Å². The molecule has 1 amide bonds. The maximum Gasteiger partial charge on any atom is 0.246 e. The van der Waals surface area contributed by atoms with Crippen molar-refractivity contribution < 1.29 is 9.53 Å². The third kappa shape index (κ3) is 3.76. The second-order valence-corrected chi connectivity index (χ2v) is 8.51. The van der Waals surface area contributed by atoms with Crippen molar-refractivity contribution in [1.29, 1.82) is 0 Å². The average molecular weight is 410 g/mol. The predicted octanol–water partition coefficient (Wildman–Crippen LogP) is 4.32. The molecule has 1 aromatic carbocycles. The monoisotopic (exact) mass is 409 g/mol. The Bertz CT molecular complexity index is 836. The van der Waals surface area contributed by atoms with Gasteiger partial charge >= 0.3 is 0 Å². The van der Waals surface area contributed by atoms with Crippen molar-refractivity contribution in [2.75, 3.05) is 11.9 Å². The summed E-state index contributed by atoms with van der Waals surface area (Å²) in [6.45, 7) is 10.7. The number of nitrogens with two attached hydrogens (primary N) is 1. The molecule has 2 unspecified atom stereocenters. The number of aryl methyl sites for hydroxylation is 2. The highest BCUT2D eigenvalue weighted by Gasteiger charge is 2.63. The summed E-state index contributed by atoms with van der Waals surface area (Å²) in [5.74, 6) is -0.194. The number of rotatable bonds is 5. The molecule has 3 rings (SSSR count). The van der Waals surface area contributed by atoms with Crippen LogP contribution < -0.4 is 11.1 Å². The fraction of sp³-hybridized carbons (Fsp3) is 0.500. The van der Waals surface area contributed by atoms with Gasteiger partial charge in [0, 0.05) is 29.4 Å². The summed E-state index contributed by atoms with van der Waals surface area (Å²) in [6, 6.07) is 6.27. The molecule has 1 aliphatic carbocycles. The van der Waals surface area contributed by atoms with Crippen molar-refractivity contribution in [3.8, 4) is 11.3 Å². The summed E-state index contributed by atoms with van der Waals surface area (Å²) in [5, 5.41) is 5.45. The lowest BCUT2D eigenvalue weighted by Crippen LogP contribution is -2.74. The summed E-state index contributed by atoms with van der Waals surface area (Å²) >= 11 is 1.42. The van der Waals surface area contributed by atoms with Crippen LogP contribution in [0.25, 0.3) is 11.3 Å². The molecule has 7 heteroatoms. The summed E-state index contributed by atoms with van der Waals surface area (Å²) in [4.78, 5) is 17.4. The van der Waals surface area contributed by atoms with Gasteiger partial charge in [-0.3, -0.25) is 4.79 Å². The van der Waals surface area contributed by atoms with E-state index in [0.29, 0.717) is 18.2 Å². The molecule has 0 spiro atoms. The molecule has 0 bridgehead atoms. The fourth-order valence-corrected chi connectivity index (χ4v) is 4.29. The standard InChI is InChI=1S/C20H27N3O2S.ClH/c1-6-25-16-10-20(21,19(16,4)5)17(24)23-18-22-15(11-26-18)14-8-7-12(2)9-13(14)3;/h7-9,11,16H,6,10,21H2,1-5H3,(H,22,23,24);1H. The van der Waals surface area contributed by atoms with Gasteiger partial charge in [0.2, 0.25) is 5.91 Å². The first-order valence-corrected chi connectivity index (χ1v) is 9.82. The third-order valence-electron chi connectivity index (χ3n) is 5.62. The van der Waals surface area contributed by atoms with Crippen LogP contribution in [-0.2, 0) is 9.53 Å². The predicted molar refractivity (Wildman–Crippen MR) is 114 cm³/mol. The van der Waals surface area contributed by atoms with Crippen LogP contribution in [0, 0.1) is 19.3 Å². The Morgan fingerprint density at radius 2 is 2.11 bits per heavy atom. The Morgan fingerprint density at radius 1 is 1.41 bits per heavy atom. The molecule has 1 heterocycles. The molecular weight excluding hydrogens is 382 g/mol. The number of amides is 1. The maximum absolute atomic E-state index is 12.8. The van der Waals surface area contributed by atoms with Gasteiger partial charge in [-0.25, -0.2) is 4.98 Å². The van der Waals surface area contributed by atoms with Crippen molar-refractivity contribution in [3.05, 3.63) is 34.7 Å². The van der Waals surface area contributed by atoms with Crippen LogP contribution in [0.2, 0.25) is 0 Å². The molecule has 1 fully saturated rings. The molecule has 0 saturated heterocycles. The van der Waals surface area contributed by atoms with Gasteiger partial charge in [-0.05, 0) is 26.3 Å². The van der Waals surface area contributed by atoms with E-state index in [1.807, 2.05) is 26.2 Å². The van der Waals surface area contributed by atoms with Crippen molar-refractivity contribution in [3.63, 3.8) is 0 Å². The van der Waals surface area contributed by atoms with Crippen molar-refractivity contribution in [1.82, 2.24) is 4.98 Å². The number of ether oxygens (including phenoxy) is 1. The first kappa shape index (κ1) is 21.8. The summed E-state index contributed by atoms with van der Waals surface area (Å²) < 4.78 is 5.70. The summed E-state index contributed by atoms with van der Waals surface area (Å²) in [7, 11) is 0. The van der Waals surface area contributed by atoms with Gasteiger partial charge in [0.05, 0.1) is 11.8 Å². The van der Waals surface area contributed by atoms with E-state index in [1.165, 1.54) is 22.5 Å². The maximum atomic E-state index is 12.8. The highest BCUT2D eigenvalue weighted by atomic mass is 35.5. The number of carbonyl (C=O) groups is 1. The number of hydrogen-bond acceptors (Lipinski definition) is 5. The van der Waals surface area contributed by atoms with Crippen LogP contribution in [0.4, 0.5) is 5.13 Å². The highest BCUT2D eigenvalue weighted by Crippen LogP contribution is 2.50. The molecule has 1 aliphatic rings. The van der Waals surface area contributed by atoms with Gasteiger partial charge in [0.15, 0.2) is 5.13 Å². The van der Waals surface area contributed by atoms with E-state index in [0.717, 1.165) is 11.3 Å². The number of aromatic nitrogens is 1. The van der Waals surface area contributed by atoms with Gasteiger partial charge in [-0.2, -0.15) is 0 Å². The van der Waals surface area contributed by atoms with Gasteiger partial charge in [-0.1, -0.05) is 37.6 Å². The number of halogens is 1. The lowest BCUT2D eigenvalue weighted by atomic mass is 9.54. The third-order valence-corrected chi connectivity index (χ3v) is 6.38. The molecule has 1 saturated carbocycles. The molecule has 2 atom stereocenters. The molecule has 5 nitrogen and oxygen atoms in total. The van der Waals surface area contributed by atoms with Gasteiger partial charge in [0.25, 0.3) is 0 Å². The zero-order valence-corrected chi connectivity index (χ0v) is 18.1. The van der Waals surface area contributed by atoms with Crippen LogP contribution >= 0.6 is 23.7 Å². The Morgan fingerprint density at radius 3 is 2.70 bits per heavy atom. The zero-order chi connectivity index (χ0) is 19.1. The minimum atomic E-state index is -0.946. The van der Waals surface area contributed by atoms with Crippen LogP contribution in [-0.4, -0.2) is 29.1 Å². The number of hydrogen-bond donors (Lipinski definition) is 2. The number of carbonyl (C=O) groups excluding carboxylic acids is 1. The van der Waals surface area contributed by atoms with E-state index in [9.17, 15) is 4.79 Å². The van der Waals surface area contributed by atoms with Crippen molar-refractivity contribution in [2.24, 2.45) is 11.1 Å². The first-order valence-electron chi connectivity index (χ1n) is 8.94. The molecule has 3 N–H and O–H groups in total. The van der Waals surface area contributed by atoms with E-state index in [1.54, 1.807) is 0 Å². The van der Waals surface area contributed by atoms with E-state index < -0.39 is 11.0 Å². The van der Waals surface area contributed by atoms with E-state index >= 15 is 0 Å². The van der Waals surface area contributed by atoms with Crippen LogP contribution in [0.15, 0.2) is 23.6 Å². The molecule has 1 aromatic heterocycles. The molecule has 0 aliphatic heterocycles. The van der Waals surface area contributed by atoms with E-state index in [2.05, 4.69) is 42.3 Å². The van der Waals surface area contributed by atoms with Gasteiger partial charge in [-0.15, -0.1) is 23.7 Å². The minimum absolute atomic E-state index is 0. The SMILES string of the molecule is CCOC1CC(N)(C(=O)Nc2nc(-c3ccc(C)cc3C)cs2)C1(C)C.Cl.